The van der Waals surface area contributed by atoms with E-state index in [2.05, 4.69) is 26.7 Å². The Hall–Kier alpha value is -1.84. The average molecular weight is 174 g/mol. The molecule has 0 N–H and O–H groups in total. The van der Waals surface area contributed by atoms with Gasteiger partial charge in [0, 0.05) is 6.20 Å². The molecule has 1 aromatic rings. The second-order valence-electron chi connectivity index (χ2n) is 2.20. The summed E-state index contributed by atoms with van der Waals surface area (Å²) in [4.78, 5) is 15.4. The van der Waals surface area contributed by atoms with E-state index in [1.807, 2.05) is 13.0 Å². The first-order valence-corrected chi connectivity index (χ1v) is 3.79. The Morgan fingerprint density at radius 3 is 3.00 bits per heavy atom. The lowest BCUT2D eigenvalue weighted by Crippen LogP contribution is -1.87. The van der Waals surface area contributed by atoms with E-state index in [-0.39, 0.29) is 0 Å². The number of hydrogen-bond donors (Lipinski definition) is 0. The van der Waals surface area contributed by atoms with Crippen LogP contribution in [0.25, 0.3) is 5.70 Å². The monoisotopic (exact) mass is 174 g/mol. The van der Waals surface area contributed by atoms with Crippen LogP contribution in [-0.2, 0) is 0 Å². The van der Waals surface area contributed by atoms with Crippen LogP contribution < -0.4 is 0 Å². The molecule has 0 aliphatic carbocycles. The molecule has 4 nitrogen and oxygen atoms in total. The zero-order chi connectivity index (χ0) is 9.52. The molecule has 0 amide bonds. The van der Waals surface area contributed by atoms with Crippen molar-refractivity contribution in [3.63, 3.8) is 0 Å². The fourth-order valence-corrected chi connectivity index (χ4v) is 0.834. The van der Waals surface area contributed by atoms with E-state index in [0.29, 0.717) is 0 Å². The van der Waals surface area contributed by atoms with Gasteiger partial charge in [0.25, 0.3) is 0 Å². The van der Waals surface area contributed by atoms with Gasteiger partial charge in [-0.25, -0.2) is 15.0 Å². The van der Waals surface area contributed by atoms with Gasteiger partial charge in [-0.05, 0) is 19.7 Å². The molecule has 0 fully saturated rings. The average Bonchev–Trinajstić information content (AvgIpc) is 2.21. The third-order valence-corrected chi connectivity index (χ3v) is 1.40. The Morgan fingerprint density at radius 1 is 1.62 bits per heavy atom. The summed E-state index contributed by atoms with van der Waals surface area (Å²) in [6.45, 7) is 5.19. The summed E-state index contributed by atoms with van der Waals surface area (Å²) in [5.41, 5.74) is 1.53. The molecule has 0 unspecified atom stereocenters. The summed E-state index contributed by atoms with van der Waals surface area (Å²) < 4.78 is 0. The van der Waals surface area contributed by atoms with Crippen molar-refractivity contribution in [3.05, 3.63) is 30.4 Å². The summed E-state index contributed by atoms with van der Waals surface area (Å²) >= 11 is 0. The first-order chi connectivity index (χ1) is 6.38. The molecule has 0 aliphatic rings. The van der Waals surface area contributed by atoms with Gasteiger partial charge in [-0.3, -0.25) is 4.99 Å². The molecule has 13 heavy (non-hydrogen) atoms. The van der Waals surface area contributed by atoms with Crippen LogP contribution in [0, 0.1) is 0 Å². The molecule has 0 saturated carbocycles. The van der Waals surface area contributed by atoms with E-state index in [0.717, 1.165) is 11.4 Å². The Balaban J connectivity index is 2.92. The third kappa shape index (κ3) is 2.59. The number of aromatic nitrogens is 2. The molecular formula is C9H10N4. The Kier molecular flexibility index (Phi) is 3.50. The first-order valence-electron chi connectivity index (χ1n) is 3.79. The molecule has 0 atom stereocenters. The minimum Gasteiger partial charge on any atom is -0.253 e. The van der Waals surface area contributed by atoms with E-state index < -0.39 is 0 Å². The predicted molar refractivity (Wildman–Crippen MR) is 53.7 cm³/mol. The lowest BCUT2D eigenvalue weighted by Gasteiger charge is -1.97. The quantitative estimate of drug-likeness (QED) is 0.515. The smallest absolute Gasteiger partial charge is 0.116 e. The molecule has 1 rings (SSSR count). The number of aliphatic imine (C=N–C) groups is 2. The van der Waals surface area contributed by atoms with E-state index >= 15 is 0 Å². The molecule has 1 aromatic heterocycles. The number of nitrogens with zero attached hydrogens (tertiary/aromatic N) is 4. The van der Waals surface area contributed by atoms with Crippen molar-refractivity contribution in [1.82, 2.24) is 9.97 Å². The fourth-order valence-electron chi connectivity index (χ4n) is 0.834. The van der Waals surface area contributed by atoms with Crippen LogP contribution in [0.4, 0.5) is 0 Å². The molecule has 0 radical (unpaired) electrons. The van der Waals surface area contributed by atoms with Gasteiger partial charge in [0.05, 0.1) is 11.4 Å². The van der Waals surface area contributed by atoms with Crippen molar-refractivity contribution >= 4 is 18.8 Å². The van der Waals surface area contributed by atoms with Crippen LogP contribution in [0.1, 0.15) is 12.6 Å². The van der Waals surface area contributed by atoms with Crippen LogP contribution in [-0.4, -0.2) is 23.0 Å². The molecule has 0 aliphatic heterocycles. The molecule has 66 valence electrons. The Morgan fingerprint density at radius 2 is 2.46 bits per heavy atom. The zero-order valence-corrected chi connectivity index (χ0v) is 7.38. The fraction of sp³-hybridized carbons (Fsp3) is 0.111. The normalized spacial score (nSPS) is 11.9. The number of rotatable bonds is 3. The van der Waals surface area contributed by atoms with E-state index in [1.54, 1.807) is 12.3 Å². The molecule has 4 heteroatoms. The highest BCUT2D eigenvalue weighted by Gasteiger charge is 1.96. The van der Waals surface area contributed by atoms with Crippen LogP contribution in [0.5, 0.6) is 0 Å². The second-order valence-corrected chi connectivity index (χ2v) is 2.20. The topological polar surface area (TPSA) is 50.5 Å². The van der Waals surface area contributed by atoms with Gasteiger partial charge >= 0.3 is 0 Å². The maximum Gasteiger partial charge on any atom is 0.116 e. The Labute approximate surface area is 76.8 Å². The highest BCUT2D eigenvalue weighted by atomic mass is 14.9. The summed E-state index contributed by atoms with van der Waals surface area (Å²) in [6, 6.07) is 1.79. The highest BCUT2D eigenvalue weighted by Crippen LogP contribution is 2.10. The summed E-state index contributed by atoms with van der Waals surface area (Å²) in [5.74, 6) is 0. The van der Waals surface area contributed by atoms with E-state index in [1.165, 1.54) is 12.7 Å². The second kappa shape index (κ2) is 4.92. The minimum atomic E-state index is 0.759. The lowest BCUT2D eigenvalue weighted by molar-refractivity contribution is 1.13. The third-order valence-electron chi connectivity index (χ3n) is 1.40. The van der Waals surface area contributed by atoms with Gasteiger partial charge in [-0.1, -0.05) is 6.08 Å². The largest absolute Gasteiger partial charge is 0.253 e. The minimum absolute atomic E-state index is 0.759. The van der Waals surface area contributed by atoms with Crippen LogP contribution >= 0.6 is 0 Å². The van der Waals surface area contributed by atoms with Crippen LogP contribution in [0.2, 0.25) is 0 Å². The standard InChI is InChI=1S/C9H10N4/c1-3-8(12-6-10-2)9-4-5-11-7-13-9/h3-7H,2H2,1H3/b8-3-,12-6?. The summed E-state index contributed by atoms with van der Waals surface area (Å²) in [6.07, 6.45) is 6.39. The molecule has 0 aromatic carbocycles. The van der Waals surface area contributed by atoms with Gasteiger partial charge in [0.15, 0.2) is 0 Å². The molecular weight excluding hydrogens is 164 g/mol. The number of allylic oxidation sites excluding steroid dienone is 1. The molecule has 1 heterocycles. The number of hydrogen-bond acceptors (Lipinski definition) is 3. The zero-order valence-electron chi connectivity index (χ0n) is 7.38. The van der Waals surface area contributed by atoms with Crippen molar-refractivity contribution in [2.45, 2.75) is 6.92 Å². The van der Waals surface area contributed by atoms with Crippen LogP contribution in [0.3, 0.4) is 0 Å². The summed E-state index contributed by atoms with van der Waals surface area (Å²) in [5, 5.41) is 0. The van der Waals surface area contributed by atoms with Gasteiger partial charge in [0.2, 0.25) is 0 Å². The summed E-state index contributed by atoms with van der Waals surface area (Å²) in [7, 11) is 0. The molecule has 0 spiro atoms. The Bertz CT molecular complexity index is 327. The maximum atomic E-state index is 4.05. The van der Waals surface area contributed by atoms with E-state index in [4.69, 9.17) is 0 Å². The maximum absolute atomic E-state index is 4.05. The molecule has 0 saturated heterocycles. The van der Waals surface area contributed by atoms with E-state index in [9.17, 15) is 0 Å². The molecule has 0 bridgehead atoms. The lowest BCUT2D eigenvalue weighted by atomic mass is 10.3. The van der Waals surface area contributed by atoms with Gasteiger partial charge in [-0.2, -0.15) is 0 Å². The van der Waals surface area contributed by atoms with Crippen molar-refractivity contribution in [2.75, 3.05) is 0 Å². The SMILES string of the molecule is C=NC=N/C(=C\C)c1ccncn1. The van der Waals surface area contributed by atoms with Gasteiger partial charge in [0.1, 0.15) is 12.7 Å². The van der Waals surface area contributed by atoms with Gasteiger partial charge < -0.3 is 0 Å². The predicted octanol–water partition coefficient (Wildman–Crippen LogP) is 1.57. The van der Waals surface area contributed by atoms with Crippen molar-refractivity contribution in [3.8, 4) is 0 Å². The van der Waals surface area contributed by atoms with Crippen molar-refractivity contribution in [1.29, 1.82) is 0 Å². The van der Waals surface area contributed by atoms with Crippen molar-refractivity contribution in [2.24, 2.45) is 9.98 Å². The first kappa shape index (κ1) is 9.25. The van der Waals surface area contributed by atoms with Crippen molar-refractivity contribution < 1.29 is 0 Å². The van der Waals surface area contributed by atoms with Crippen LogP contribution in [0.15, 0.2) is 34.7 Å². The highest BCUT2D eigenvalue weighted by molar-refractivity contribution is 5.73. The van der Waals surface area contributed by atoms with Gasteiger partial charge in [-0.15, -0.1) is 0 Å².